The number of benzene rings is 1. The highest BCUT2D eigenvalue weighted by Gasteiger charge is 2.27. The molecule has 0 aliphatic heterocycles. The van der Waals surface area contributed by atoms with E-state index >= 15 is 0 Å². The number of carbonyl (C=O) groups excluding carboxylic acids is 1. The first-order valence-electron chi connectivity index (χ1n) is 7.75. The number of alkyl halides is 2. The minimum absolute atomic E-state index is 0. The molecule has 0 aromatic heterocycles. The Balaban J connectivity index is 0.00000312. The summed E-state index contributed by atoms with van der Waals surface area (Å²) in [5.41, 5.74) is 0.637. The Morgan fingerprint density at radius 1 is 1.28 bits per heavy atom. The lowest BCUT2D eigenvalue weighted by molar-refractivity contribution is -0.115. The van der Waals surface area contributed by atoms with E-state index in [2.05, 4.69) is 16.0 Å². The van der Waals surface area contributed by atoms with Gasteiger partial charge >= 0.3 is 5.76 Å². The second-order valence-corrected chi connectivity index (χ2v) is 7.58. The molecule has 0 heterocycles. The molecule has 1 amide bonds. The Morgan fingerprint density at radius 2 is 1.96 bits per heavy atom. The van der Waals surface area contributed by atoms with Gasteiger partial charge in [-0.15, -0.1) is 12.4 Å². The lowest BCUT2D eigenvalue weighted by Crippen LogP contribution is -2.29. The van der Waals surface area contributed by atoms with Crippen molar-refractivity contribution < 1.29 is 22.0 Å². The van der Waals surface area contributed by atoms with Gasteiger partial charge < -0.3 is 16.0 Å². The number of amides is 1. The Kier molecular flexibility index (Phi) is 8.04. The summed E-state index contributed by atoms with van der Waals surface area (Å²) in [6.45, 7) is 3.19. The zero-order valence-electron chi connectivity index (χ0n) is 13.7. The van der Waals surface area contributed by atoms with Crippen LogP contribution in [0.3, 0.4) is 0 Å². The van der Waals surface area contributed by atoms with Gasteiger partial charge in [0.15, 0.2) is 0 Å². The van der Waals surface area contributed by atoms with Gasteiger partial charge in [-0.3, -0.25) is 4.79 Å². The fourth-order valence-electron chi connectivity index (χ4n) is 2.16. The number of halogens is 3. The average molecular weight is 398 g/mol. The maximum Gasteiger partial charge on any atom is 0.341 e. The molecule has 1 aliphatic rings. The highest BCUT2D eigenvalue weighted by molar-refractivity contribution is 7.91. The third kappa shape index (κ3) is 6.09. The van der Waals surface area contributed by atoms with Gasteiger partial charge in [0.05, 0.1) is 22.8 Å². The third-order valence-corrected chi connectivity index (χ3v) is 4.99. The second kappa shape index (κ2) is 9.30. The van der Waals surface area contributed by atoms with Crippen LogP contribution in [0.1, 0.15) is 19.8 Å². The summed E-state index contributed by atoms with van der Waals surface area (Å²) in [6, 6.07) is 3.52. The topological polar surface area (TPSA) is 87.3 Å². The zero-order valence-corrected chi connectivity index (χ0v) is 15.4. The molecule has 142 valence electrons. The molecular formula is C15H22ClF2N3O3S. The van der Waals surface area contributed by atoms with Crippen molar-refractivity contribution in [1.82, 2.24) is 5.32 Å². The van der Waals surface area contributed by atoms with E-state index in [0.29, 0.717) is 18.2 Å². The molecule has 3 N–H and O–H groups in total. The normalized spacial score (nSPS) is 14.1. The molecule has 10 heteroatoms. The largest absolute Gasteiger partial charge is 0.384 e. The molecule has 6 nitrogen and oxygen atoms in total. The number of hydrogen-bond donors (Lipinski definition) is 3. The molecule has 0 bridgehead atoms. The van der Waals surface area contributed by atoms with E-state index in [9.17, 15) is 22.0 Å². The van der Waals surface area contributed by atoms with Crippen LogP contribution < -0.4 is 16.0 Å². The van der Waals surface area contributed by atoms with E-state index in [1.165, 1.54) is 6.07 Å². The molecule has 0 atom stereocenters. The summed E-state index contributed by atoms with van der Waals surface area (Å²) < 4.78 is 48.6. The van der Waals surface area contributed by atoms with E-state index < -0.39 is 20.5 Å². The standard InChI is InChI=1S/C15H21F2N3O3S.ClH/c1-2-19-12-6-5-11(24(22,23)15(16)17)7-13(12)20-14(21)9-18-8-10-3-4-10;/h5-7,10,15,18-19H,2-4,8-9H2,1H3,(H,20,21);1H. The van der Waals surface area contributed by atoms with Crippen LogP contribution in [0.4, 0.5) is 20.2 Å². The maximum atomic E-state index is 12.7. The van der Waals surface area contributed by atoms with Gasteiger partial charge in [0.25, 0.3) is 0 Å². The van der Waals surface area contributed by atoms with Crippen LogP contribution in [0.2, 0.25) is 0 Å². The van der Waals surface area contributed by atoms with E-state index in [-0.39, 0.29) is 30.5 Å². The Bertz CT molecular complexity index is 697. The summed E-state index contributed by atoms with van der Waals surface area (Å²) in [5.74, 6) is -3.25. The third-order valence-electron chi connectivity index (χ3n) is 3.61. The SMILES string of the molecule is CCNc1ccc(S(=O)(=O)C(F)F)cc1NC(=O)CNCC1CC1.Cl. The van der Waals surface area contributed by atoms with Gasteiger partial charge in [0, 0.05) is 6.54 Å². The zero-order chi connectivity index (χ0) is 17.7. The van der Waals surface area contributed by atoms with Crippen molar-refractivity contribution in [3.05, 3.63) is 18.2 Å². The van der Waals surface area contributed by atoms with Crippen molar-refractivity contribution >= 4 is 39.5 Å². The Morgan fingerprint density at radius 3 is 2.52 bits per heavy atom. The number of carbonyl (C=O) groups is 1. The monoisotopic (exact) mass is 397 g/mol. The minimum Gasteiger partial charge on any atom is -0.384 e. The number of sulfone groups is 1. The maximum absolute atomic E-state index is 12.7. The predicted octanol–water partition coefficient (Wildman–Crippen LogP) is 2.47. The molecule has 1 aliphatic carbocycles. The van der Waals surface area contributed by atoms with Gasteiger partial charge in [-0.25, -0.2) is 8.42 Å². The van der Waals surface area contributed by atoms with Crippen LogP contribution in [-0.2, 0) is 14.6 Å². The predicted molar refractivity (Wildman–Crippen MR) is 95.3 cm³/mol. The first-order chi connectivity index (χ1) is 11.3. The molecule has 1 fully saturated rings. The Labute approximate surface area is 152 Å². The van der Waals surface area contributed by atoms with Gasteiger partial charge in [0.1, 0.15) is 0 Å². The van der Waals surface area contributed by atoms with Crippen LogP contribution in [-0.4, -0.2) is 39.7 Å². The van der Waals surface area contributed by atoms with Crippen molar-refractivity contribution in [1.29, 1.82) is 0 Å². The van der Waals surface area contributed by atoms with Crippen LogP contribution in [0, 0.1) is 5.92 Å². The summed E-state index contributed by atoms with van der Waals surface area (Å²) in [4.78, 5) is 11.4. The van der Waals surface area contributed by atoms with E-state index in [1.54, 1.807) is 0 Å². The summed E-state index contributed by atoms with van der Waals surface area (Å²) >= 11 is 0. The lowest BCUT2D eigenvalue weighted by Gasteiger charge is -2.14. The van der Waals surface area contributed by atoms with Crippen molar-refractivity contribution in [2.75, 3.05) is 30.3 Å². The molecule has 25 heavy (non-hydrogen) atoms. The van der Waals surface area contributed by atoms with Gasteiger partial charge in [0.2, 0.25) is 15.7 Å². The molecule has 0 radical (unpaired) electrons. The van der Waals surface area contributed by atoms with Crippen molar-refractivity contribution in [2.45, 2.75) is 30.4 Å². The van der Waals surface area contributed by atoms with Crippen LogP contribution in [0.25, 0.3) is 0 Å². The number of nitrogens with one attached hydrogen (secondary N) is 3. The lowest BCUT2D eigenvalue weighted by atomic mass is 10.2. The summed E-state index contributed by atoms with van der Waals surface area (Å²) in [7, 11) is -4.71. The summed E-state index contributed by atoms with van der Waals surface area (Å²) in [6.07, 6.45) is 2.32. The average Bonchev–Trinajstić information content (AvgIpc) is 3.33. The quantitative estimate of drug-likeness (QED) is 0.596. The molecule has 2 rings (SSSR count). The molecule has 1 aromatic rings. The fraction of sp³-hybridized carbons (Fsp3) is 0.533. The van der Waals surface area contributed by atoms with Crippen molar-refractivity contribution in [2.24, 2.45) is 5.92 Å². The molecule has 1 saturated carbocycles. The number of anilines is 2. The molecule has 0 saturated heterocycles. The van der Waals surface area contributed by atoms with E-state index in [4.69, 9.17) is 0 Å². The second-order valence-electron chi connectivity index (χ2n) is 5.67. The van der Waals surface area contributed by atoms with Gasteiger partial charge in [-0.05, 0) is 50.4 Å². The first-order valence-corrected chi connectivity index (χ1v) is 9.29. The molecular weight excluding hydrogens is 376 g/mol. The smallest absolute Gasteiger partial charge is 0.341 e. The van der Waals surface area contributed by atoms with Crippen molar-refractivity contribution in [3.8, 4) is 0 Å². The highest BCUT2D eigenvalue weighted by Crippen LogP contribution is 2.29. The minimum atomic E-state index is -4.71. The molecule has 0 spiro atoms. The summed E-state index contributed by atoms with van der Waals surface area (Å²) in [5, 5.41) is 8.54. The van der Waals surface area contributed by atoms with Crippen LogP contribution in [0.5, 0.6) is 0 Å². The van der Waals surface area contributed by atoms with E-state index in [1.807, 2.05) is 6.92 Å². The highest BCUT2D eigenvalue weighted by atomic mass is 35.5. The van der Waals surface area contributed by atoms with Crippen LogP contribution in [0.15, 0.2) is 23.1 Å². The van der Waals surface area contributed by atoms with Crippen LogP contribution >= 0.6 is 12.4 Å². The molecule has 1 aromatic carbocycles. The molecule has 0 unspecified atom stereocenters. The van der Waals surface area contributed by atoms with Gasteiger partial charge in [-0.1, -0.05) is 0 Å². The van der Waals surface area contributed by atoms with E-state index in [0.717, 1.165) is 31.5 Å². The Hall–Kier alpha value is -1.45. The number of hydrogen-bond acceptors (Lipinski definition) is 5. The number of rotatable bonds is 9. The van der Waals surface area contributed by atoms with Gasteiger partial charge in [-0.2, -0.15) is 8.78 Å². The van der Waals surface area contributed by atoms with Crippen molar-refractivity contribution in [3.63, 3.8) is 0 Å². The first kappa shape index (κ1) is 21.6. The fourth-order valence-corrected chi connectivity index (χ4v) is 2.90.